The van der Waals surface area contributed by atoms with E-state index in [1.165, 1.54) is 26.8 Å². The molecule has 5 fully saturated rings. The second-order valence-electron chi connectivity index (χ2n) is 17.1. The van der Waals surface area contributed by atoms with Crippen LogP contribution < -0.4 is 0 Å². The zero-order valence-electron chi connectivity index (χ0n) is 33.5. The second-order valence-corrected chi connectivity index (χ2v) is 17.1. The Bertz CT molecular complexity index is 1800. The fourth-order valence-corrected chi connectivity index (χ4v) is 12.6. The minimum absolute atomic E-state index is 0.133. The van der Waals surface area contributed by atoms with Crippen LogP contribution in [0.15, 0.2) is 24.3 Å². The van der Waals surface area contributed by atoms with Crippen molar-refractivity contribution in [3.05, 3.63) is 24.3 Å². The number of carbonyl (C=O) groups is 7. The molecule has 0 radical (unpaired) electrons. The van der Waals surface area contributed by atoms with Crippen LogP contribution in [0.1, 0.15) is 81.6 Å². The van der Waals surface area contributed by atoms with E-state index >= 15 is 0 Å². The Kier molecular flexibility index (Phi) is 9.88. The predicted octanol–water partition coefficient (Wildman–Crippen LogP) is 2.45. The minimum atomic E-state index is -2.01. The van der Waals surface area contributed by atoms with Gasteiger partial charge < -0.3 is 43.0 Å². The molecule has 15 atom stereocenters. The quantitative estimate of drug-likeness (QED) is 0.170. The van der Waals surface area contributed by atoms with Gasteiger partial charge in [0, 0.05) is 58.4 Å². The monoisotopic (exact) mass is 788 g/mol. The van der Waals surface area contributed by atoms with Gasteiger partial charge in [-0.25, -0.2) is 9.59 Å². The van der Waals surface area contributed by atoms with Gasteiger partial charge in [-0.15, -0.1) is 0 Å². The molecule has 4 saturated carbocycles. The molecule has 6 aliphatic rings. The summed E-state index contributed by atoms with van der Waals surface area (Å²) in [7, 11) is 1.16. The highest BCUT2D eigenvalue weighted by atomic mass is 16.7. The first-order valence-electron chi connectivity index (χ1n) is 18.8. The van der Waals surface area contributed by atoms with Gasteiger partial charge in [0.2, 0.25) is 5.60 Å². The first-order chi connectivity index (χ1) is 25.9. The van der Waals surface area contributed by atoms with E-state index in [1.807, 2.05) is 6.92 Å². The molecule has 6 rings (SSSR count). The number of fused-ring (bicyclic) bond motifs is 9. The maximum Gasteiger partial charge on any atom is 0.342 e. The largest absolute Gasteiger partial charge is 0.467 e. The first kappa shape index (κ1) is 41.3. The van der Waals surface area contributed by atoms with Crippen LogP contribution in [0, 0.1) is 39.4 Å². The Labute approximate surface area is 324 Å². The number of methoxy groups -OCH3 is 1. The second kappa shape index (κ2) is 13.4. The van der Waals surface area contributed by atoms with Crippen LogP contribution in [-0.4, -0.2) is 108 Å². The third-order valence-electron chi connectivity index (χ3n) is 14.4. The Morgan fingerprint density at radius 3 is 2.00 bits per heavy atom. The highest BCUT2D eigenvalue weighted by Crippen LogP contribution is 2.78. The molecule has 56 heavy (non-hydrogen) atoms. The predicted molar refractivity (Wildman–Crippen MR) is 188 cm³/mol. The molecular formula is C40H52O16. The molecule has 0 amide bonds. The summed E-state index contributed by atoms with van der Waals surface area (Å²) in [6, 6.07) is 0. The lowest BCUT2D eigenvalue weighted by Crippen LogP contribution is -2.84. The van der Waals surface area contributed by atoms with Gasteiger partial charge in [-0.1, -0.05) is 26.5 Å². The zero-order valence-corrected chi connectivity index (χ0v) is 33.5. The summed E-state index contributed by atoms with van der Waals surface area (Å²) in [5.74, 6) is -8.32. The van der Waals surface area contributed by atoms with Crippen molar-refractivity contribution in [2.75, 3.05) is 13.7 Å². The number of allylic oxidation sites excluding steroid dienone is 1. The van der Waals surface area contributed by atoms with E-state index in [1.54, 1.807) is 26.8 Å². The average Bonchev–Trinajstić information content (AvgIpc) is 3.87. The van der Waals surface area contributed by atoms with Crippen LogP contribution in [0.2, 0.25) is 0 Å². The SMILES string of the molecule is C=C1C[C@@]2(O)C3CC[C@]4(C)C(C(OC(C)=O)[C@H](OC(C)=O)[C@@]5([C@@H](C)OC(C)=O)COC(=O)C=CC45)[C@@]3(C)[C@H](OC(C)=O)[C@H](OC(C)=O)[C@@]2(C)C2(C(=O)OC)O[C@H]12. The lowest BCUT2D eigenvalue weighted by molar-refractivity contribution is -0.357. The summed E-state index contributed by atoms with van der Waals surface area (Å²) >= 11 is 0. The Morgan fingerprint density at radius 1 is 0.875 bits per heavy atom. The number of epoxide rings is 1. The van der Waals surface area contributed by atoms with E-state index in [9.17, 15) is 38.7 Å². The van der Waals surface area contributed by atoms with E-state index in [0.717, 1.165) is 21.0 Å². The Hall–Kier alpha value is -4.31. The smallest absolute Gasteiger partial charge is 0.342 e. The van der Waals surface area contributed by atoms with Crippen LogP contribution in [-0.2, 0) is 71.5 Å². The molecule has 0 aromatic carbocycles. The normalized spacial score (nSPS) is 44.9. The number of carbonyl (C=O) groups excluding carboxylic acids is 7. The fraction of sp³-hybridized carbons (Fsp3) is 0.725. The highest BCUT2D eigenvalue weighted by molar-refractivity contribution is 5.87. The minimum Gasteiger partial charge on any atom is -0.467 e. The fourth-order valence-electron chi connectivity index (χ4n) is 12.6. The number of hydrogen-bond acceptors (Lipinski definition) is 16. The van der Waals surface area contributed by atoms with Gasteiger partial charge in [-0.3, -0.25) is 24.0 Å². The van der Waals surface area contributed by atoms with Crippen molar-refractivity contribution in [1.82, 2.24) is 0 Å². The molecule has 308 valence electrons. The summed E-state index contributed by atoms with van der Waals surface area (Å²) in [4.78, 5) is 92.7. The topological polar surface area (TPSA) is 217 Å². The molecule has 4 aliphatic carbocycles. The summed E-state index contributed by atoms with van der Waals surface area (Å²) < 4.78 is 47.9. The van der Waals surface area contributed by atoms with Crippen molar-refractivity contribution >= 4 is 41.8 Å². The van der Waals surface area contributed by atoms with E-state index in [2.05, 4.69) is 6.58 Å². The van der Waals surface area contributed by atoms with Crippen molar-refractivity contribution in [2.45, 2.75) is 129 Å². The number of esters is 7. The van der Waals surface area contributed by atoms with Gasteiger partial charge in [0.05, 0.1) is 23.5 Å². The molecular weight excluding hydrogens is 736 g/mol. The lowest BCUT2D eigenvalue weighted by Gasteiger charge is -2.74. The van der Waals surface area contributed by atoms with Crippen LogP contribution in [0.5, 0.6) is 0 Å². The lowest BCUT2D eigenvalue weighted by atomic mass is 9.31. The van der Waals surface area contributed by atoms with Crippen molar-refractivity contribution < 1.29 is 76.6 Å². The molecule has 1 N–H and O–H groups in total. The number of rotatable bonds is 7. The molecule has 5 unspecified atom stereocenters. The average molecular weight is 789 g/mol. The molecule has 0 aromatic heterocycles. The number of hydrogen-bond donors (Lipinski definition) is 1. The van der Waals surface area contributed by atoms with E-state index in [-0.39, 0.29) is 19.3 Å². The third-order valence-corrected chi connectivity index (χ3v) is 14.4. The summed E-state index contributed by atoms with van der Waals surface area (Å²) in [6.45, 7) is 16.4. The van der Waals surface area contributed by atoms with Gasteiger partial charge in [-0.2, -0.15) is 0 Å². The maximum absolute atomic E-state index is 13.9. The number of aliphatic hydroxyl groups is 1. The third kappa shape index (κ3) is 5.33. The highest BCUT2D eigenvalue weighted by Gasteiger charge is 2.91. The molecule has 16 nitrogen and oxygen atoms in total. The van der Waals surface area contributed by atoms with Crippen LogP contribution in [0.3, 0.4) is 0 Å². The molecule has 16 heteroatoms. The molecule has 0 bridgehead atoms. The van der Waals surface area contributed by atoms with Gasteiger partial charge in [-0.05, 0) is 49.5 Å². The van der Waals surface area contributed by atoms with Crippen molar-refractivity contribution in [2.24, 2.45) is 39.4 Å². The Morgan fingerprint density at radius 2 is 1.45 bits per heavy atom. The van der Waals surface area contributed by atoms with E-state index < -0.39 is 136 Å². The van der Waals surface area contributed by atoms with E-state index in [4.69, 9.17) is 37.9 Å². The Balaban J connectivity index is 1.72. The van der Waals surface area contributed by atoms with Crippen molar-refractivity contribution in [3.8, 4) is 0 Å². The summed E-state index contributed by atoms with van der Waals surface area (Å²) in [6.07, 6.45) is -4.94. The van der Waals surface area contributed by atoms with Gasteiger partial charge in [0.15, 0.2) is 12.2 Å². The van der Waals surface area contributed by atoms with Gasteiger partial charge in [0.25, 0.3) is 0 Å². The van der Waals surface area contributed by atoms with Crippen LogP contribution >= 0.6 is 0 Å². The van der Waals surface area contributed by atoms with E-state index in [0.29, 0.717) is 5.57 Å². The maximum atomic E-state index is 13.9. The van der Waals surface area contributed by atoms with Crippen molar-refractivity contribution in [1.29, 1.82) is 0 Å². The van der Waals surface area contributed by atoms with Gasteiger partial charge >= 0.3 is 41.8 Å². The molecule has 0 aromatic rings. The standard InChI is InChI=1S/C40H52O16/c1-18-16-39(48)26-14-15-35(8)25-12-13-27(46)50-17-38(25,19(2)51-20(3)41)31(53-22(5)43)28(52-21(4)42)29(35)36(26,9)32(54-23(6)44)33(55-24(7)45)37(39,10)40(30(18)56-40)34(47)49-11/h12-13,19,25-26,28-33,48H,1,14-17H2,2-11H3/t19-,25?,26?,28?,29?,30-,31+,32-,33+,35+,36+,37-,38-,39-,40?/m1/s1. The van der Waals surface area contributed by atoms with Gasteiger partial charge in [0.1, 0.15) is 31.0 Å². The first-order valence-corrected chi connectivity index (χ1v) is 18.8. The molecule has 0 spiro atoms. The molecule has 1 saturated heterocycles. The van der Waals surface area contributed by atoms with Crippen molar-refractivity contribution in [3.63, 3.8) is 0 Å². The summed E-state index contributed by atoms with van der Waals surface area (Å²) in [5.41, 5.74) is -9.66. The molecule has 2 aliphatic heterocycles. The molecule has 2 heterocycles. The summed E-state index contributed by atoms with van der Waals surface area (Å²) in [5, 5.41) is 13.6. The number of ether oxygens (including phenoxy) is 8. The zero-order chi connectivity index (χ0) is 41.7. The van der Waals surface area contributed by atoms with Crippen LogP contribution in [0.4, 0.5) is 0 Å². The number of cyclic esters (lactones) is 1. The van der Waals surface area contributed by atoms with Crippen LogP contribution in [0.25, 0.3) is 0 Å².